The van der Waals surface area contributed by atoms with Crippen molar-refractivity contribution in [2.24, 2.45) is 4.99 Å². The number of nitrogens with zero attached hydrogens (tertiary/aromatic N) is 4. The van der Waals surface area contributed by atoms with E-state index in [0.717, 1.165) is 45.6 Å². The van der Waals surface area contributed by atoms with Crippen molar-refractivity contribution in [2.45, 2.75) is 33.6 Å². The van der Waals surface area contributed by atoms with Gasteiger partial charge in [0.1, 0.15) is 11.6 Å². The molecule has 2 aliphatic heterocycles. The molecule has 12 heteroatoms. The van der Waals surface area contributed by atoms with Gasteiger partial charge in [-0.3, -0.25) is 9.80 Å². The zero-order valence-corrected chi connectivity index (χ0v) is 22.7. The number of benzene rings is 1. The number of hydrogen-bond acceptors (Lipinski definition) is 7. The molecule has 1 N–H and O–H groups in total. The highest BCUT2D eigenvalue weighted by molar-refractivity contribution is 8.18. The smallest absolute Gasteiger partial charge is 0.409 e. The van der Waals surface area contributed by atoms with Gasteiger partial charge in [-0.2, -0.15) is 4.99 Å². The molecule has 8 nitrogen and oxygen atoms in total. The topological polar surface area (TPSA) is 77.5 Å². The van der Waals surface area contributed by atoms with Crippen molar-refractivity contribution < 1.29 is 18.7 Å². The van der Waals surface area contributed by atoms with E-state index in [1.807, 2.05) is 11.9 Å². The van der Waals surface area contributed by atoms with E-state index in [4.69, 9.17) is 4.74 Å². The van der Waals surface area contributed by atoms with E-state index in [1.54, 1.807) is 11.0 Å². The fourth-order valence-electron chi connectivity index (χ4n) is 3.56. The first-order valence-electron chi connectivity index (χ1n) is 11.5. The maximum Gasteiger partial charge on any atom is 0.415 e. The van der Waals surface area contributed by atoms with Crippen LogP contribution < -0.4 is 10.2 Å². The summed E-state index contributed by atoms with van der Waals surface area (Å²) in [4.78, 5) is 33.6. The summed E-state index contributed by atoms with van der Waals surface area (Å²) >= 11 is 1.25. The van der Waals surface area contributed by atoms with Gasteiger partial charge in [0, 0.05) is 44.4 Å². The molecule has 0 aliphatic carbocycles. The second-order valence-electron chi connectivity index (χ2n) is 7.73. The van der Waals surface area contributed by atoms with E-state index >= 15 is 0 Å². The second-order valence-corrected chi connectivity index (χ2v) is 8.74. The maximum atomic E-state index is 14.0. The Bertz CT molecular complexity index is 924. The van der Waals surface area contributed by atoms with Gasteiger partial charge in [0.2, 0.25) is 0 Å². The first-order chi connectivity index (χ1) is 15.9. The minimum atomic E-state index is -0.547. The van der Waals surface area contributed by atoms with Gasteiger partial charge in [-0.25, -0.2) is 14.6 Å². The molecular weight excluding hydrogens is 516 g/mol. The number of rotatable bonds is 8. The van der Waals surface area contributed by atoms with E-state index in [0.29, 0.717) is 28.7 Å². The fourth-order valence-corrected chi connectivity index (χ4v) is 4.47. The van der Waals surface area contributed by atoms with Crippen LogP contribution in [0.15, 0.2) is 28.1 Å². The fraction of sp³-hybridized carbons (Fsp3) is 0.522. The Kier molecular flexibility index (Phi) is 13.6. The number of aliphatic imine (C=N–C) groups is 1. The number of amides is 2. The molecule has 0 saturated carbocycles. The van der Waals surface area contributed by atoms with E-state index in [9.17, 15) is 14.0 Å². The lowest BCUT2D eigenvalue weighted by molar-refractivity contribution is -0.113. The SMILES string of the molecule is CCN(CC)CCN(CC)C(=O)Oc1cc(F)ccc1/C=C1/SC(N2CCCCN2)=NC1=O.Cl.Cl. The van der Waals surface area contributed by atoms with E-state index < -0.39 is 11.9 Å². The van der Waals surface area contributed by atoms with Gasteiger partial charge < -0.3 is 14.5 Å². The standard InChI is InChI=1S/C23H32FN5O3S.2ClH/c1-4-27(5-2)13-14-28(6-3)23(31)32-19-16-18(24)10-9-17(19)15-20-21(30)26-22(33-20)29-12-8-7-11-25-29;;/h9-10,15-16,25H,4-8,11-14H2,1-3H3;2*1H/b20-15+;;. The van der Waals surface area contributed by atoms with Crippen molar-refractivity contribution in [3.8, 4) is 5.75 Å². The lowest BCUT2D eigenvalue weighted by Crippen LogP contribution is -2.45. The zero-order chi connectivity index (χ0) is 23.8. The van der Waals surface area contributed by atoms with Crippen LogP contribution in [0.25, 0.3) is 6.08 Å². The number of hydrogen-bond donors (Lipinski definition) is 1. The molecule has 2 aliphatic rings. The highest BCUT2D eigenvalue weighted by Crippen LogP contribution is 2.33. The molecule has 0 unspecified atom stereocenters. The molecule has 35 heavy (non-hydrogen) atoms. The van der Waals surface area contributed by atoms with Gasteiger partial charge in [-0.05, 0) is 62.8 Å². The zero-order valence-electron chi connectivity index (χ0n) is 20.3. The summed E-state index contributed by atoms with van der Waals surface area (Å²) in [5.74, 6) is -0.809. The number of hydrazine groups is 1. The molecule has 2 heterocycles. The van der Waals surface area contributed by atoms with Crippen molar-refractivity contribution in [2.75, 3.05) is 45.8 Å². The molecule has 0 spiro atoms. The number of amidine groups is 1. The third kappa shape index (κ3) is 8.64. The molecular formula is C23H34Cl2FN5O3S. The van der Waals surface area contributed by atoms with Gasteiger partial charge in [0.25, 0.3) is 5.91 Å². The average molecular weight is 551 g/mol. The van der Waals surface area contributed by atoms with Crippen molar-refractivity contribution in [3.05, 3.63) is 34.5 Å². The predicted octanol–water partition coefficient (Wildman–Crippen LogP) is 4.40. The van der Waals surface area contributed by atoms with Gasteiger partial charge in [0.15, 0.2) is 5.17 Å². The third-order valence-electron chi connectivity index (χ3n) is 5.63. The minimum absolute atomic E-state index is 0. The Labute approximate surface area is 223 Å². The third-order valence-corrected chi connectivity index (χ3v) is 6.64. The predicted molar refractivity (Wildman–Crippen MR) is 144 cm³/mol. The van der Waals surface area contributed by atoms with Crippen molar-refractivity contribution in [3.63, 3.8) is 0 Å². The largest absolute Gasteiger partial charge is 0.415 e. The summed E-state index contributed by atoms with van der Waals surface area (Å²) in [6, 6.07) is 3.95. The second kappa shape index (κ2) is 15.3. The summed E-state index contributed by atoms with van der Waals surface area (Å²) in [7, 11) is 0. The van der Waals surface area contributed by atoms with Crippen LogP contribution in [0.1, 0.15) is 39.2 Å². The van der Waals surface area contributed by atoms with Crippen LogP contribution in [0, 0.1) is 5.82 Å². The van der Waals surface area contributed by atoms with Gasteiger partial charge in [-0.1, -0.05) is 13.8 Å². The molecule has 1 saturated heterocycles. The Hall–Kier alpha value is -1.85. The molecule has 1 fully saturated rings. The lowest BCUT2D eigenvalue weighted by atomic mass is 10.2. The van der Waals surface area contributed by atoms with E-state index in [-0.39, 0.29) is 36.5 Å². The number of halogens is 3. The Morgan fingerprint density at radius 2 is 1.94 bits per heavy atom. The first-order valence-corrected chi connectivity index (χ1v) is 12.3. The minimum Gasteiger partial charge on any atom is -0.409 e. The molecule has 196 valence electrons. The van der Waals surface area contributed by atoms with E-state index in [2.05, 4.69) is 29.2 Å². The van der Waals surface area contributed by atoms with Gasteiger partial charge in [-0.15, -0.1) is 24.8 Å². The summed E-state index contributed by atoms with van der Waals surface area (Å²) in [6.45, 7) is 11.1. The molecule has 0 bridgehead atoms. The summed E-state index contributed by atoms with van der Waals surface area (Å²) < 4.78 is 19.6. The van der Waals surface area contributed by atoms with Crippen molar-refractivity contribution in [1.82, 2.24) is 20.2 Å². The molecule has 0 radical (unpaired) electrons. The molecule has 1 aromatic rings. The summed E-state index contributed by atoms with van der Waals surface area (Å²) in [6.07, 6.45) is 3.16. The highest BCUT2D eigenvalue weighted by atomic mass is 35.5. The monoisotopic (exact) mass is 549 g/mol. The van der Waals surface area contributed by atoms with Gasteiger partial charge >= 0.3 is 6.09 Å². The lowest BCUT2D eigenvalue weighted by Gasteiger charge is -2.28. The van der Waals surface area contributed by atoms with Crippen LogP contribution in [0.5, 0.6) is 5.75 Å². The molecule has 2 amide bonds. The van der Waals surface area contributed by atoms with Crippen molar-refractivity contribution in [1.29, 1.82) is 0 Å². The Morgan fingerprint density at radius 1 is 1.20 bits per heavy atom. The highest BCUT2D eigenvalue weighted by Gasteiger charge is 2.27. The van der Waals surface area contributed by atoms with Crippen LogP contribution in [0.3, 0.4) is 0 Å². The first kappa shape index (κ1) is 31.2. The number of likely N-dealkylation sites (N-methyl/N-ethyl adjacent to an activating group) is 2. The molecule has 0 aromatic heterocycles. The number of thioether (sulfide) groups is 1. The van der Waals surface area contributed by atoms with Crippen LogP contribution in [-0.2, 0) is 4.79 Å². The van der Waals surface area contributed by atoms with Crippen LogP contribution in [-0.4, -0.2) is 77.8 Å². The Morgan fingerprint density at radius 3 is 2.57 bits per heavy atom. The van der Waals surface area contributed by atoms with Crippen molar-refractivity contribution >= 4 is 59.8 Å². The maximum absolute atomic E-state index is 14.0. The van der Waals surface area contributed by atoms with E-state index in [1.165, 1.54) is 30.0 Å². The number of carbonyl (C=O) groups excluding carboxylic acids is 2. The summed E-state index contributed by atoms with van der Waals surface area (Å²) in [5, 5.41) is 2.48. The average Bonchev–Trinajstić information content (AvgIpc) is 3.19. The van der Waals surface area contributed by atoms with Crippen LogP contribution in [0.4, 0.5) is 9.18 Å². The van der Waals surface area contributed by atoms with Crippen LogP contribution >= 0.6 is 36.6 Å². The number of ether oxygens (including phenoxy) is 1. The Balaban J connectivity index is 0.00000306. The normalized spacial score (nSPS) is 16.6. The summed E-state index contributed by atoms with van der Waals surface area (Å²) in [5.41, 5.74) is 3.68. The molecule has 0 atom stereocenters. The quantitative estimate of drug-likeness (QED) is 0.481. The number of nitrogens with one attached hydrogen (secondary N) is 1. The van der Waals surface area contributed by atoms with Crippen LogP contribution in [0.2, 0.25) is 0 Å². The molecule has 1 aromatic carbocycles. The number of carbonyl (C=O) groups is 2. The molecule has 3 rings (SSSR count). The van der Waals surface area contributed by atoms with Gasteiger partial charge in [0.05, 0.1) is 4.91 Å².